The van der Waals surface area contributed by atoms with Gasteiger partial charge in [0, 0.05) is 19.7 Å². The van der Waals surface area contributed by atoms with E-state index in [2.05, 4.69) is 0 Å². The van der Waals surface area contributed by atoms with Crippen molar-refractivity contribution in [3.8, 4) is 0 Å². The van der Waals surface area contributed by atoms with Crippen LogP contribution in [0, 0.1) is 0 Å². The molecule has 0 radical (unpaired) electrons. The summed E-state index contributed by atoms with van der Waals surface area (Å²) in [5, 5.41) is 0. The Morgan fingerprint density at radius 2 is 2.06 bits per heavy atom. The van der Waals surface area contributed by atoms with Crippen molar-refractivity contribution in [2.45, 2.75) is 38.1 Å². The van der Waals surface area contributed by atoms with Gasteiger partial charge < -0.3 is 20.1 Å². The largest absolute Gasteiger partial charge is 0.382 e. The van der Waals surface area contributed by atoms with Gasteiger partial charge in [0.05, 0.1) is 13.2 Å². The second-order valence-corrected chi connectivity index (χ2v) is 4.71. The van der Waals surface area contributed by atoms with E-state index in [0.29, 0.717) is 25.8 Å². The van der Waals surface area contributed by atoms with Crippen LogP contribution >= 0.6 is 0 Å². The average molecular weight is 258 g/mol. The fourth-order valence-corrected chi connectivity index (χ4v) is 2.37. The van der Waals surface area contributed by atoms with Crippen molar-refractivity contribution in [3.63, 3.8) is 0 Å². The lowest BCUT2D eigenvalue weighted by molar-refractivity contribution is -0.138. The molecule has 0 aromatic carbocycles. The Labute approximate surface area is 110 Å². The van der Waals surface area contributed by atoms with Gasteiger partial charge in [0.2, 0.25) is 5.91 Å². The Hall–Kier alpha value is -0.650. The Morgan fingerprint density at radius 1 is 1.33 bits per heavy atom. The van der Waals surface area contributed by atoms with E-state index < -0.39 is 0 Å². The zero-order chi connectivity index (χ0) is 13.2. The van der Waals surface area contributed by atoms with Crippen molar-refractivity contribution in [1.29, 1.82) is 0 Å². The Bertz CT molecular complexity index is 230. The highest BCUT2D eigenvalue weighted by Gasteiger charge is 2.25. The first-order valence-electron chi connectivity index (χ1n) is 6.85. The maximum absolute atomic E-state index is 12.1. The Morgan fingerprint density at radius 3 is 2.67 bits per heavy atom. The van der Waals surface area contributed by atoms with Crippen LogP contribution in [0.3, 0.4) is 0 Å². The van der Waals surface area contributed by atoms with Crippen molar-refractivity contribution in [3.05, 3.63) is 0 Å². The van der Waals surface area contributed by atoms with E-state index in [0.717, 1.165) is 25.8 Å². The maximum Gasteiger partial charge on any atom is 0.248 e. The minimum absolute atomic E-state index is 0.0893. The number of ether oxygens (including phenoxy) is 2. The van der Waals surface area contributed by atoms with E-state index in [9.17, 15) is 4.79 Å². The molecule has 1 aliphatic rings. The van der Waals surface area contributed by atoms with Crippen LogP contribution in [-0.4, -0.2) is 56.9 Å². The van der Waals surface area contributed by atoms with E-state index in [-0.39, 0.29) is 12.5 Å². The number of hydrogen-bond donors (Lipinski definition) is 1. The summed E-state index contributed by atoms with van der Waals surface area (Å²) in [6.07, 6.45) is 5.55. The molecule has 1 rings (SSSR count). The van der Waals surface area contributed by atoms with Crippen LogP contribution in [0.15, 0.2) is 0 Å². The molecular weight excluding hydrogens is 232 g/mol. The summed E-state index contributed by atoms with van der Waals surface area (Å²) in [4.78, 5) is 14.1. The smallest absolute Gasteiger partial charge is 0.248 e. The van der Waals surface area contributed by atoms with Gasteiger partial charge in [-0.25, -0.2) is 0 Å². The van der Waals surface area contributed by atoms with Crippen LogP contribution in [-0.2, 0) is 14.3 Å². The fourth-order valence-electron chi connectivity index (χ4n) is 2.37. The van der Waals surface area contributed by atoms with E-state index >= 15 is 0 Å². The van der Waals surface area contributed by atoms with Crippen molar-refractivity contribution in [2.24, 2.45) is 5.73 Å². The topological polar surface area (TPSA) is 64.8 Å². The van der Waals surface area contributed by atoms with Gasteiger partial charge >= 0.3 is 0 Å². The van der Waals surface area contributed by atoms with Crippen molar-refractivity contribution in [1.82, 2.24) is 4.90 Å². The third kappa shape index (κ3) is 5.33. The number of hydrogen-bond acceptors (Lipinski definition) is 4. The predicted molar refractivity (Wildman–Crippen MR) is 70.3 cm³/mol. The molecule has 0 bridgehead atoms. The lowest BCUT2D eigenvalue weighted by Crippen LogP contribution is -2.42. The third-order valence-electron chi connectivity index (χ3n) is 3.35. The number of rotatable bonds is 9. The number of methoxy groups -OCH3 is 1. The first-order chi connectivity index (χ1) is 8.79. The van der Waals surface area contributed by atoms with Crippen LogP contribution in [0.5, 0.6) is 0 Å². The molecule has 5 heteroatoms. The number of carbonyl (C=O) groups excluding carboxylic acids is 1. The normalized spacial score (nSPS) is 16.1. The highest BCUT2D eigenvalue weighted by Crippen LogP contribution is 2.23. The van der Waals surface area contributed by atoms with Gasteiger partial charge in [-0.2, -0.15) is 0 Å². The number of carbonyl (C=O) groups is 1. The van der Waals surface area contributed by atoms with Crippen LogP contribution in [0.4, 0.5) is 0 Å². The van der Waals surface area contributed by atoms with Crippen molar-refractivity contribution < 1.29 is 14.3 Å². The molecule has 0 aromatic heterocycles. The first kappa shape index (κ1) is 15.4. The third-order valence-corrected chi connectivity index (χ3v) is 3.35. The van der Waals surface area contributed by atoms with E-state index in [1.54, 1.807) is 7.11 Å². The first-order valence-corrected chi connectivity index (χ1v) is 6.85. The number of nitrogens with zero attached hydrogens (tertiary/aromatic N) is 1. The van der Waals surface area contributed by atoms with E-state index in [1.807, 2.05) is 4.90 Å². The summed E-state index contributed by atoms with van der Waals surface area (Å²) < 4.78 is 10.2. The standard InChI is InChI=1S/C13H26N2O3/c1-17-9-10-18-11-13(16)15(8-4-7-14)12-5-2-3-6-12/h12H,2-11,14H2,1H3. The van der Waals surface area contributed by atoms with Crippen LogP contribution < -0.4 is 5.73 Å². The van der Waals surface area contributed by atoms with Gasteiger partial charge in [-0.3, -0.25) is 4.79 Å². The molecule has 1 amide bonds. The molecule has 0 aromatic rings. The van der Waals surface area contributed by atoms with Crippen LogP contribution in [0.1, 0.15) is 32.1 Å². The van der Waals surface area contributed by atoms with Gasteiger partial charge in [0.15, 0.2) is 0 Å². The van der Waals surface area contributed by atoms with Crippen LogP contribution in [0.25, 0.3) is 0 Å². The van der Waals surface area contributed by atoms with Gasteiger partial charge in [-0.1, -0.05) is 12.8 Å². The SMILES string of the molecule is COCCOCC(=O)N(CCCN)C1CCCC1. The summed E-state index contributed by atoms with van der Waals surface area (Å²) in [6, 6.07) is 0.398. The summed E-state index contributed by atoms with van der Waals surface area (Å²) in [5.74, 6) is 0.0893. The molecule has 0 aliphatic heterocycles. The molecule has 0 spiro atoms. The molecule has 0 heterocycles. The fraction of sp³-hybridized carbons (Fsp3) is 0.923. The zero-order valence-electron chi connectivity index (χ0n) is 11.4. The van der Waals surface area contributed by atoms with E-state index in [1.165, 1.54) is 12.8 Å². The molecule has 1 aliphatic carbocycles. The summed E-state index contributed by atoms with van der Waals surface area (Å²) in [7, 11) is 1.62. The molecule has 1 saturated carbocycles. The molecule has 0 atom stereocenters. The highest BCUT2D eigenvalue weighted by atomic mass is 16.5. The predicted octanol–water partition coefficient (Wildman–Crippen LogP) is 0.769. The molecule has 0 unspecified atom stereocenters. The average Bonchev–Trinajstić information content (AvgIpc) is 2.89. The minimum Gasteiger partial charge on any atom is -0.382 e. The van der Waals surface area contributed by atoms with Gasteiger partial charge in [-0.15, -0.1) is 0 Å². The number of amides is 1. The highest BCUT2D eigenvalue weighted by molar-refractivity contribution is 5.77. The van der Waals surface area contributed by atoms with Gasteiger partial charge in [-0.05, 0) is 25.8 Å². The zero-order valence-corrected chi connectivity index (χ0v) is 11.4. The second kappa shape index (κ2) is 9.30. The summed E-state index contributed by atoms with van der Waals surface area (Å²) in [5.41, 5.74) is 5.53. The van der Waals surface area contributed by atoms with Gasteiger partial charge in [0.1, 0.15) is 6.61 Å². The molecule has 2 N–H and O–H groups in total. The second-order valence-electron chi connectivity index (χ2n) is 4.71. The molecule has 18 heavy (non-hydrogen) atoms. The minimum atomic E-state index is 0.0893. The Kier molecular flexibility index (Phi) is 7.96. The number of nitrogens with two attached hydrogens (primary N) is 1. The molecule has 1 fully saturated rings. The van der Waals surface area contributed by atoms with Gasteiger partial charge in [0.25, 0.3) is 0 Å². The maximum atomic E-state index is 12.1. The quantitative estimate of drug-likeness (QED) is 0.620. The molecule has 0 saturated heterocycles. The van der Waals surface area contributed by atoms with Crippen LogP contribution in [0.2, 0.25) is 0 Å². The molecular formula is C13H26N2O3. The summed E-state index contributed by atoms with van der Waals surface area (Å²) >= 11 is 0. The lowest BCUT2D eigenvalue weighted by Gasteiger charge is -2.29. The van der Waals surface area contributed by atoms with Crippen molar-refractivity contribution >= 4 is 5.91 Å². The summed E-state index contributed by atoms with van der Waals surface area (Å²) in [6.45, 7) is 2.54. The molecule has 5 nitrogen and oxygen atoms in total. The van der Waals surface area contributed by atoms with Crippen molar-refractivity contribution in [2.75, 3.05) is 40.0 Å². The van der Waals surface area contributed by atoms with E-state index in [4.69, 9.17) is 15.2 Å². The Balaban J connectivity index is 2.34. The molecule has 106 valence electrons. The monoisotopic (exact) mass is 258 g/mol. The lowest BCUT2D eigenvalue weighted by atomic mass is 10.2.